The molecule has 1 saturated carbocycles. The zero-order valence-corrected chi connectivity index (χ0v) is 14.5. The highest BCUT2D eigenvalue weighted by Crippen LogP contribution is 2.39. The van der Waals surface area contributed by atoms with Gasteiger partial charge in [-0.25, -0.2) is 0 Å². The van der Waals surface area contributed by atoms with Crippen molar-refractivity contribution in [2.75, 3.05) is 24.6 Å². The minimum Gasteiger partial charge on any atom is -0.490 e. The first kappa shape index (κ1) is 15.6. The van der Waals surface area contributed by atoms with Crippen molar-refractivity contribution in [2.24, 2.45) is 0 Å². The average Bonchev–Trinajstić information content (AvgIpc) is 2.54. The monoisotopic (exact) mass is 335 g/mol. The van der Waals surface area contributed by atoms with E-state index in [1.54, 1.807) is 0 Å². The van der Waals surface area contributed by atoms with Crippen LogP contribution in [0.4, 0.5) is 5.69 Å². The lowest BCUT2D eigenvalue weighted by Gasteiger charge is -2.44. The quantitative estimate of drug-likeness (QED) is 0.791. The second-order valence-corrected chi connectivity index (χ2v) is 7.67. The molecule has 0 unspecified atom stereocenters. The van der Waals surface area contributed by atoms with Crippen LogP contribution in [0.25, 0.3) is 0 Å². The molecule has 2 heterocycles. The summed E-state index contributed by atoms with van der Waals surface area (Å²) in [5.74, 6) is 0.961. The van der Waals surface area contributed by atoms with Gasteiger partial charge in [0.1, 0.15) is 5.75 Å². The van der Waals surface area contributed by atoms with Gasteiger partial charge in [-0.15, -0.1) is 0 Å². The Morgan fingerprint density at radius 3 is 2.57 bits per heavy atom. The number of ether oxygens (including phenoxy) is 2. The summed E-state index contributed by atoms with van der Waals surface area (Å²) < 4.78 is 12.2. The normalized spacial score (nSPS) is 24.5. The second kappa shape index (κ2) is 6.52. The van der Waals surface area contributed by atoms with Crippen LogP contribution in [-0.2, 0) is 4.74 Å². The molecular formula is C19H26ClNO2. The van der Waals surface area contributed by atoms with Gasteiger partial charge in [0.05, 0.1) is 22.4 Å². The van der Waals surface area contributed by atoms with Crippen LogP contribution < -0.4 is 9.64 Å². The van der Waals surface area contributed by atoms with Gasteiger partial charge in [-0.05, 0) is 63.5 Å². The Morgan fingerprint density at radius 2 is 1.91 bits per heavy atom. The molecule has 0 aromatic heterocycles. The van der Waals surface area contributed by atoms with Gasteiger partial charge in [0.2, 0.25) is 0 Å². The molecule has 3 fully saturated rings. The summed E-state index contributed by atoms with van der Waals surface area (Å²) in [7, 11) is 0. The number of benzene rings is 1. The average molecular weight is 336 g/mol. The fourth-order valence-electron chi connectivity index (χ4n) is 3.95. The topological polar surface area (TPSA) is 21.7 Å². The SMILES string of the molecule is Clc1ccc(OC2CCC2)cc1N1CCC2(CCCCO2)CC1. The van der Waals surface area contributed by atoms with Crippen LogP contribution in [0.3, 0.4) is 0 Å². The van der Waals surface area contributed by atoms with Gasteiger partial charge in [0, 0.05) is 25.8 Å². The fourth-order valence-corrected chi connectivity index (χ4v) is 4.19. The van der Waals surface area contributed by atoms with Crippen molar-refractivity contribution < 1.29 is 9.47 Å². The van der Waals surface area contributed by atoms with Crippen molar-refractivity contribution in [1.82, 2.24) is 0 Å². The number of hydrogen-bond acceptors (Lipinski definition) is 3. The summed E-state index contributed by atoms with van der Waals surface area (Å²) in [6.45, 7) is 2.98. The third-order valence-electron chi connectivity index (χ3n) is 5.72. The molecule has 0 bridgehead atoms. The number of nitrogens with zero attached hydrogens (tertiary/aromatic N) is 1. The molecule has 1 spiro atoms. The van der Waals surface area contributed by atoms with E-state index in [4.69, 9.17) is 21.1 Å². The Bertz CT molecular complexity index is 542. The smallest absolute Gasteiger partial charge is 0.121 e. The molecule has 1 aliphatic carbocycles. The molecule has 0 atom stereocenters. The first-order valence-electron chi connectivity index (χ1n) is 9.09. The third-order valence-corrected chi connectivity index (χ3v) is 6.04. The number of rotatable bonds is 3. The van der Waals surface area contributed by atoms with Crippen molar-refractivity contribution in [3.05, 3.63) is 23.2 Å². The van der Waals surface area contributed by atoms with E-state index in [-0.39, 0.29) is 5.60 Å². The maximum absolute atomic E-state index is 6.46. The molecule has 1 aromatic carbocycles. The summed E-state index contributed by atoms with van der Waals surface area (Å²) >= 11 is 6.46. The molecule has 2 saturated heterocycles. The highest BCUT2D eigenvalue weighted by atomic mass is 35.5. The Morgan fingerprint density at radius 1 is 1.09 bits per heavy atom. The Labute approximate surface area is 143 Å². The predicted molar refractivity (Wildman–Crippen MR) is 93.7 cm³/mol. The molecular weight excluding hydrogens is 310 g/mol. The zero-order chi connectivity index (χ0) is 15.7. The van der Waals surface area contributed by atoms with E-state index in [0.29, 0.717) is 6.10 Å². The largest absolute Gasteiger partial charge is 0.490 e. The lowest BCUT2D eigenvalue weighted by molar-refractivity contribution is -0.0920. The van der Waals surface area contributed by atoms with Gasteiger partial charge in [0.15, 0.2) is 0 Å². The van der Waals surface area contributed by atoms with Crippen molar-refractivity contribution in [2.45, 2.75) is 63.1 Å². The maximum Gasteiger partial charge on any atom is 0.121 e. The van der Waals surface area contributed by atoms with Crippen molar-refractivity contribution in [3.63, 3.8) is 0 Å². The van der Waals surface area contributed by atoms with E-state index >= 15 is 0 Å². The van der Waals surface area contributed by atoms with Crippen LogP contribution in [0.2, 0.25) is 5.02 Å². The molecule has 0 radical (unpaired) electrons. The van der Waals surface area contributed by atoms with E-state index in [1.807, 2.05) is 12.1 Å². The van der Waals surface area contributed by atoms with Crippen LogP contribution >= 0.6 is 11.6 Å². The van der Waals surface area contributed by atoms with Crippen molar-refractivity contribution in [1.29, 1.82) is 0 Å². The highest BCUT2D eigenvalue weighted by molar-refractivity contribution is 6.33. The number of hydrogen-bond donors (Lipinski definition) is 0. The molecule has 4 rings (SSSR count). The number of halogens is 1. The van der Waals surface area contributed by atoms with Crippen LogP contribution in [0, 0.1) is 0 Å². The van der Waals surface area contributed by atoms with Crippen LogP contribution in [0.15, 0.2) is 18.2 Å². The van der Waals surface area contributed by atoms with Crippen LogP contribution in [0.5, 0.6) is 5.75 Å². The standard InChI is InChI=1S/C19H26ClNO2/c20-17-7-6-16(23-15-4-3-5-15)14-18(17)21-11-9-19(10-12-21)8-1-2-13-22-19/h6-7,14-15H,1-5,8-13H2. The summed E-state index contributed by atoms with van der Waals surface area (Å²) in [5, 5.41) is 0.825. The molecule has 3 aliphatic rings. The first-order chi connectivity index (χ1) is 11.2. The minimum absolute atomic E-state index is 0.140. The highest BCUT2D eigenvalue weighted by Gasteiger charge is 2.37. The summed E-state index contributed by atoms with van der Waals surface area (Å²) in [5.41, 5.74) is 1.26. The van der Waals surface area contributed by atoms with Crippen molar-refractivity contribution >= 4 is 17.3 Å². The van der Waals surface area contributed by atoms with E-state index in [1.165, 1.54) is 38.5 Å². The molecule has 126 valence electrons. The Kier molecular flexibility index (Phi) is 4.42. The third kappa shape index (κ3) is 3.32. The Hall–Kier alpha value is -0.930. The summed E-state index contributed by atoms with van der Waals surface area (Å²) in [4.78, 5) is 2.40. The second-order valence-electron chi connectivity index (χ2n) is 7.26. The molecule has 4 heteroatoms. The molecule has 2 aliphatic heterocycles. The van der Waals surface area contributed by atoms with E-state index < -0.39 is 0 Å². The minimum atomic E-state index is 0.140. The van der Waals surface area contributed by atoms with Crippen LogP contribution in [-0.4, -0.2) is 31.4 Å². The van der Waals surface area contributed by atoms with Gasteiger partial charge < -0.3 is 14.4 Å². The predicted octanol–water partition coefficient (Wildman–Crippen LogP) is 4.81. The first-order valence-corrected chi connectivity index (χ1v) is 9.47. The lowest BCUT2D eigenvalue weighted by Crippen LogP contribution is -2.47. The Balaban J connectivity index is 1.44. The van der Waals surface area contributed by atoms with Crippen molar-refractivity contribution in [3.8, 4) is 5.75 Å². The van der Waals surface area contributed by atoms with Gasteiger partial charge >= 0.3 is 0 Å². The number of anilines is 1. The summed E-state index contributed by atoms with van der Waals surface area (Å²) in [6.07, 6.45) is 10.0. The fraction of sp³-hybridized carbons (Fsp3) is 0.684. The van der Waals surface area contributed by atoms with E-state index in [9.17, 15) is 0 Å². The lowest BCUT2D eigenvalue weighted by atomic mass is 9.84. The van der Waals surface area contributed by atoms with Gasteiger partial charge in [-0.3, -0.25) is 0 Å². The molecule has 0 amide bonds. The molecule has 1 aromatic rings. The molecule has 0 N–H and O–H groups in total. The van der Waals surface area contributed by atoms with Gasteiger partial charge in [-0.1, -0.05) is 11.6 Å². The zero-order valence-electron chi connectivity index (χ0n) is 13.7. The van der Waals surface area contributed by atoms with E-state index in [2.05, 4.69) is 11.0 Å². The van der Waals surface area contributed by atoms with Crippen LogP contribution in [0.1, 0.15) is 51.4 Å². The molecule has 23 heavy (non-hydrogen) atoms. The number of piperidine rings is 1. The van der Waals surface area contributed by atoms with Gasteiger partial charge in [0.25, 0.3) is 0 Å². The maximum atomic E-state index is 6.46. The molecule has 3 nitrogen and oxygen atoms in total. The van der Waals surface area contributed by atoms with E-state index in [0.717, 1.165) is 49.0 Å². The summed E-state index contributed by atoms with van der Waals surface area (Å²) in [6, 6.07) is 6.10. The van der Waals surface area contributed by atoms with Gasteiger partial charge in [-0.2, -0.15) is 0 Å².